The first-order chi connectivity index (χ1) is 13.2. The van der Waals surface area contributed by atoms with E-state index >= 15 is 0 Å². The zero-order valence-corrected chi connectivity index (χ0v) is 15.3. The van der Waals surface area contributed by atoms with Crippen LogP contribution < -0.4 is 0 Å². The number of hydrogen-bond acceptors (Lipinski definition) is 1. The summed E-state index contributed by atoms with van der Waals surface area (Å²) in [5.74, 6) is 0. The molecular formula is C25H18N2. The van der Waals surface area contributed by atoms with E-state index in [-0.39, 0.29) is 0 Å². The molecule has 0 aliphatic rings. The zero-order valence-electron chi connectivity index (χ0n) is 15.3. The number of hydrogen-bond donors (Lipinski definition) is 0. The summed E-state index contributed by atoms with van der Waals surface area (Å²) in [6.07, 6.45) is 0. The van der Waals surface area contributed by atoms with Gasteiger partial charge in [0.1, 0.15) is 0 Å². The summed E-state index contributed by atoms with van der Waals surface area (Å²) in [4.78, 5) is 0. The van der Waals surface area contributed by atoms with Gasteiger partial charge in [0.25, 0.3) is 0 Å². The summed E-state index contributed by atoms with van der Waals surface area (Å²) in [6, 6.07) is 27.7. The first kappa shape index (κ1) is 15.7. The molecule has 2 nitrogen and oxygen atoms in total. The Morgan fingerprint density at radius 3 is 1.93 bits per heavy atom. The number of aryl methyl sites for hydroxylation is 2. The third-order valence-corrected chi connectivity index (χ3v) is 5.32. The lowest BCUT2D eigenvalue weighted by atomic mass is 10.0. The fourth-order valence-corrected chi connectivity index (χ4v) is 4.11. The molecule has 0 spiro atoms. The van der Waals surface area contributed by atoms with Gasteiger partial charge < -0.3 is 4.57 Å². The van der Waals surface area contributed by atoms with Gasteiger partial charge >= 0.3 is 0 Å². The molecule has 2 heteroatoms. The Bertz CT molecular complexity index is 1330. The van der Waals surface area contributed by atoms with Crippen molar-refractivity contribution < 1.29 is 0 Å². The van der Waals surface area contributed by atoms with Crippen LogP contribution in [0.1, 0.15) is 16.7 Å². The maximum atomic E-state index is 9.70. The molecule has 0 amide bonds. The van der Waals surface area contributed by atoms with E-state index in [1.54, 1.807) is 0 Å². The Morgan fingerprint density at radius 2 is 1.33 bits per heavy atom. The van der Waals surface area contributed by atoms with Crippen molar-refractivity contribution >= 4 is 32.6 Å². The van der Waals surface area contributed by atoms with Gasteiger partial charge in [0.15, 0.2) is 0 Å². The second-order valence-electron chi connectivity index (χ2n) is 7.17. The van der Waals surface area contributed by atoms with Crippen LogP contribution in [0.25, 0.3) is 38.3 Å². The van der Waals surface area contributed by atoms with E-state index in [1.807, 2.05) is 12.1 Å². The highest BCUT2D eigenvalue weighted by Crippen LogP contribution is 2.36. The Hall–Kier alpha value is -3.57. The number of rotatable bonds is 1. The molecule has 0 aliphatic carbocycles. The second kappa shape index (κ2) is 5.72. The molecule has 5 aromatic rings. The molecule has 0 saturated heterocycles. The summed E-state index contributed by atoms with van der Waals surface area (Å²) in [7, 11) is 0. The van der Waals surface area contributed by atoms with Crippen molar-refractivity contribution in [3.8, 4) is 11.8 Å². The lowest BCUT2D eigenvalue weighted by Gasteiger charge is -2.12. The van der Waals surface area contributed by atoms with E-state index in [9.17, 15) is 5.26 Å². The van der Waals surface area contributed by atoms with Gasteiger partial charge in [-0.1, -0.05) is 47.5 Å². The lowest BCUT2D eigenvalue weighted by molar-refractivity contribution is 1.19. The molecule has 0 fully saturated rings. The number of nitrogens with zero attached hydrogens (tertiary/aromatic N) is 2. The predicted molar refractivity (Wildman–Crippen MR) is 112 cm³/mol. The zero-order chi connectivity index (χ0) is 18.5. The van der Waals surface area contributed by atoms with Gasteiger partial charge in [-0.25, -0.2) is 0 Å². The number of fused-ring (bicyclic) bond motifs is 4. The maximum absolute atomic E-state index is 9.70. The van der Waals surface area contributed by atoms with Crippen LogP contribution >= 0.6 is 0 Å². The summed E-state index contributed by atoms with van der Waals surface area (Å²) in [6.45, 7) is 4.26. The summed E-state index contributed by atoms with van der Waals surface area (Å²) >= 11 is 0. The quantitative estimate of drug-likeness (QED) is 0.344. The normalized spacial score (nSPS) is 11.3. The number of benzene rings is 4. The minimum absolute atomic E-state index is 0.706. The van der Waals surface area contributed by atoms with E-state index < -0.39 is 0 Å². The Labute approximate surface area is 157 Å². The standard InChI is InChI=1S/C25H18N2/c1-16-9-11-22-20(13-16)21-14-17(2)10-12-23(21)27(22)24-8-4-6-18-5-3-7-19(15-26)25(18)24/h3-14H,1-2H3. The highest BCUT2D eigenvalue weighted by Gasteiger charge is 2.15. The molecule has 0 bridgehead atoms. The topological polar surface area (TPSA) is 28.7 Å². The third-order valence-electron chi connectivity index (χ3n) is 5.32. The number of nitriles is 1. The van der Waals surface area contributed by atoms with Gasteiger partial charge in [-0.15, -0.1) is 0 Å². The van der Waals surface area contributed by atoms with Gasteiger partial charge in [0.05, 0.1) is 28.4 Å². The fourth-order valence-electron chi connectivity index (χ4n) is 4.11. The van der Waals surface area contributed by atoms with Crippen LogP contribution in [0.3, 0.4) is 0 Å². The minimum Gasteiger partial charge on any atom is -0.309 e. The van der Waals surface area contributed by atoms with Crippen LogP contribution in [0.4, 0.5) is 0 Å². The Balaban J connectivity index is 2.03. The molecule has 0 radical (unpaired) electrons. The smallest absolute Gasteiger partial charge is 0.0998 e. The van der Waals surface area contributed by atoms with E-state index in [4.69, 9.17) is 0 Å². The van der Waals surface area contributed by atoms with Gasteiger partial charge in [-0.3, -0.25) is 0 Å². The highest BCUT2D eigenvalue weighted by molar-refractivity contribution is 6.11. The molecule has 0 atom stereocenters. The third kappa shape index (κ3) is 2.26. The average Bonchev–Trinajstić information content (AvgIpc) is 2.99. The van der Waals surface area contributed by atoms with Crippen molar-refractivity contribution in [3.05, 3.63) is 89.5 Å². The summed E-state index contributed by atoms with van der Waals surface area (Å²) in [5.41, 5.74) is 6.59. The van der Waals surface area contributed by atoms with E-state index in [0.717, 1.165) is 16.5 Å². The lowest BCUT2D eigenvalue weighted by Crippen LogP contribution is -1.96. The van der Waals surface area contributed by atoms with E-state index in [1.165, 1.54) is 32.9 Å². The van der Waals surface area contributed by atoms with Crippen molar-refractivity contribution in [1.82, 2.24) is 4.57 Å². The molecular weight excluding hydrogens is 328 g/mol. The van der Waals surface area contributed by atoms with Gasteiger partial charge in [0.2, 0.25) is 0 Å². The Morgan fingerprint density at radius 1 is 0.741 bits per heavy atom. The fraction of sp³-hybridized carbons (Fsp3) is 0.0800. The summed E-state index contributed by atoms with van der Waals surface area (Å²) < 4.78 is 2.30. The minimum atomic E-state index is 0.706. The maximum Gasteiger partial charge on any atom is 0.0998 e. The van der Waals surface area contributed by atoms with Gasteiger partial charge in [-0.05, 0) is 55.6 Å². The molecule has 5 rings (SSSR count). The monoisotopic (exact) mass is 346 g/mol. The van der Waals surface area contributed by atoms with Crippen molar-refractivity contribution in [2.75, 3.05) is 0 Å². The van der Waals surface area contributed by atoms with Crippen LogP contribution in [0.15, 0.2) is 72.8 Å². The molecule has 4 aromatic carbocycles. The van der Waals surface area contributed by atoms with Crippen LogP contribution in [0.2, 0.25) is 0 Å². The molecule has 0 unspecified atom stereocenters. The Kier molecular flexibility index (Phi) is 3.32. The first-order valence-electron chi connectivity index (χ1n) is 9.11. The molecule has 0 saturated carbocycles. The highest BCUT2D eigenvalue weighted by atomic mass is 15.0. The van der Waals surface area contributed by atoms with Crippen molar-refractivity contribution in [2.24, 2.45) is 0 Å². The van der Waals surface area contributed by atoms with Crippen molar-refractivity contribution in [3.63, 3.8) is 0 Å². The molecule has 0 aliphatic heterocycles. The van der Waals surface area contributed by atoms with Crippen molar-refractivity contribution in [2.45, 2.75) is 13.8 Å². The SMILES string of the molecule is Cc1ccc2c(c1)c1cc(C)ccc1n2-c1cccc2cccc(C#N)c12. The van der Waals surface area contributed by atoms with Gasteiger partial charge in [0, 0.05) is 16.2 Å². The molecule has 1 aromatic heterocycles. The summed E-state index contributed by atoms with van der Waals surface area (Å²) in [5, 5.41) is 14.3. The average molecular weight is 346 g/mol. The predicted octanol–water partition coefficient (Wildman–Crippen LogP) is 6.43. The van der Waals surface area contributed by atoms with Crippen LogP contribution in [0.5, 0.6) is 0 Å². The van der Waals surface area contributed by atoms with Crippen LogP contribution in [-0.2, 0) is 0 Å². The molecule has 128 valence electrons. The van der Waals surface area contributed by atoms with Crippen LogP contribution in [-0.4, -0.2) is 4.57 Å². The van der Waals surface area contributed by atoms with Crippen molar-refractivity contribution in [1.29, 1.82) is 5.26 Å². The van der Waals surface area contributed by atoms with E-state index in [0.29, 0.717) is 5.56 Å². The first-order valence-corrected chi connectivity index (χ1v) is 9.11. The molecule has 0 N–H and O–H groups in total. The van der Waals surface area contributed by atoms with Crippen LogP contribution in [0, 0.1) is 25.2 Å². The number of aromatic nitrogens is 1. The van der Waals surface area contributed by atoms with E-state index in [2.05, 4.69) is 85.1 Å². The second-order valence-corrected chi connectivity index (χ2v) is 7.17. The molecule has 1 heterocycles. The largest absolute Gasteiger partial charge is 0.309 e. The van der Waals surface area contributed by atoms with Gasteiger partial charge in [-0.2, -0.15) is 5.26 Å². The molecule has 27 heavy (non-hydrogen) atoms.